The molecule has 1 aliphatic carbocycles. The van der Waals surface area contributed by atoms with E-state index >= 15 is 0 Å². The first-order valence-corrected chi connectivity index (χ1v) is 12.2. The van der Waals surface area contributed by atoms with E-state index in [-0.39, 0.29) is 6.10 Å². The van der Waals surface area contributed by atoms with E-state index in [0.29, 0.717) is 12.5 Å². The first-order chi connectivity index (χ1) is 14.1. The van der Waals surface area contributed by atoms with Crippen LogP contribution in [-0.2, 0) is 19.1 Å². The quantitative estimate of drug-likeness (QED) is 0.149. The molecule has 0 amide bonds. The number of unbranched alkanes of at least 4 members (excludes halogenated alkanes) is 11. The van der Waals surface area contributed by atoms with Crippen molar-refractivity contribution >= 4 is 11.9 Å². The smallest absolute Gasteiger partial charge is 0.331 e. The van der Waals surface area contributed by atoms with Crippen molar-refractivity contribution in [1.82, 2.24) is 0 Å². The van der Waals surface area contributed by atoms with E-state index in [0.717, 1.165) is 25.7 Å². The van der Waals surface area contributed by atoms with E-state index in [4.69, 9.17) is 9.47 Å². The van der Waals surface area contributed by atoms with Gasteiger partial charge in [0.25, 0.3) is 0 Å². The van der Waals surface area contributed by atoms with Crippen LogP contribution in [0.5, 0.6) is 0 Å². The van der Waals surface area contributed by atoms with Crippen LogP contribution in [0.25, 0.3) is 0 Å². The number of carbonyl (C=O) groups is 2. The third kappa shape index (κ3) is 14.3. The first-order valence-electron chi connectivity index (χ1n) is 12.2. The Morgan fingerprint density at radius 1 is 0.793 bits per heavy atom. The normalized spacial score (nSPS) is 15.7. The van der Waals surface area contributed by atoms with E-state index in [1.54, 1.807) is 0 Å². The highest BCUT2D eigenvalue weighted by atomic mass is 16.5. The summed E-state index contributed by atoms with van der Waals surface area (Å²) in [6.07, 6.45) is 22.3. The predicted molar refractivity (Wildman–Crippen MR) is 119 cm³/mol. The van der Waals surface area contributed by atoms with Crippen LogP contribution in [0.15, 0.2) is 12.2 Å². The number of ether oxygens (including phenoxy) is 2. The Morgan fingerprint density at radius 3 is 1.83 bits per heavy atom. The first kappa shape index (κ1) is 25.7. The molecule has 0 aromatic heterocycles. The van der Waals surface area contributed by atoms with Crippen LogP contribution in [-0.4, -0.2) is 24.6 Å². The summed E-state index contributed by atoms with van der Waals surface area (Å²) in [4.78, 5) is 23.5. The lowest BCUT2D eigenvalue weighted by Crippen LogP contribution is -2.21. The second kappa shape index (κ2) is 17.5. The lowest BCUT2D eigenvalue weighted by molar-refractivity contribution is -0.145. The van der Waals surface area contributed by atoms with E-state index < -0.39 is 11.9 Å². The molecule has 0 aliphatic heterocycles. The van der Waals surface area contributed by atoms with Gasteiger partial charge in [-0.15, -0.1) is 0 Å². The summed E-state index contributed by atoms with van der Waals surface area (Å²) in [6, 6.07) is 0. The van der Waals surface area contributed by atoms with E-state index in [1.807, 2.05) is 6.92 Å². The molecule has 0 bridgehead atoms. The Labute approximate surface area is 178 Å². The molecule has 1 saturated carbocycles. The minimum absolute atomic E-state index is 0.0771. The average Bonchev–Trinajstić information content (AvgIpc) is 3.25. The van der Waals surface area contributed by atoms with E-state index in [2.05, 4.69) is 6.92 Å². The highest BCUT2D eigenvalue weighted by Crippen LogP contribution is 2.29. The third-order valence-corrected chi connectivity index (χ3v) is 5.96. The third-order valence-electron chi connectivity index (χ3n) is 5.96. The average molecular weight is 409 g/mol. The van der Waals surface area contributed by atoms with E-state index in [9.17, 15) is 9.59 Å². The van der Waals surface area contributed by atoms with Crippen molar-refractivity contribution in [2.45, 2.75) is 123 Å². The Kier molecular flexibility index (Phi) is 15.5. The Bertz CT molecular complexity index is 452. The second-order valence-corrected chi connectivity index (χ2v) is 8.58. The molecule has 0 aromatic carbocycles. The molecule has 0 spiro atoms. The topological polar surface area (TPSA) is 52.6 Å². The summed E-state index contributed by atoms with van der Waals surface area (Å²) in [7, 11) is 0. The van der Waals surface area contributed by atoms with Gasteiger partial charge in [0.1, 0.15) is 6.10 Å². The maximum absolute atomic E-state index is 11.8. The minimum Gasteiger partial charge on any atom is -0.463 e. The van der Waals surface area contributed by atoms with Crippen LogP contribution in [0.2, 0.25) is 0 Å². The van der Waals surface area contributed by atoms with Crippen molar-refractivity contribution in [3.63, 3.8) is 0 Å². The van der Waals surface area contributed by atoms with Crippen LogP contribution in [0, 0.1) is 5.92 Å². The molecule has 0 radical (unpaired) electrons. The molecule has 4 nitrogen and oxygen atoms in total. The molecule has 29 heavy (non-hydrogen) atoms. The zero-order chi connectivity index (χ0) is 21.2. The van der Waals surface area contributed by atoms with Crippen LogP contribution >= 0.6 is 0 Å². The molecule has 168 valence electrons. The summed E-state index contributed by atoms with van der Waals surface area (Å²) in [5.74, 6) is -0.449. The molecule has 1 atom stereocenters. The van der Waals surface area contributed by atoms with Crippen molar-refractivity contribution in [3.05, 3.63) is 12.2 Å². The molecule has 0 heterocycles. The molecule has 4 heteroatoms. The molecule has 1 aliphatic rings. The van der Waals surface area contributed by atoms with Crippen LogP contribution in [0.1, 0.15) is 117 Å². The zero-order valence-electron chi connectivity index (χ0n) is 19.0. The number of carbonyl (C=O) groups excluding carboxylic acids is 2. The number of esters is 2. The number of rotatable bonds is 17. The molecule has 0 aromatic rings. The Balaban J connectivity index is 1.90. The van der Waals surface area contributed by atoms with Gasteiger partial charge in [-0.3, -0.25) is 0 Å². The summed E-state index contributed by atoms with van der Waals surface area (Å²) in [5.41, 5.74) is 0. The molecule has 0 saturated heterocycles. The van der Waals surface area contributed by atoms with Crippen molar-refractivity contribution in [1.29, 1.82) is 0 Å². The molecule has 1 unspecified atom stereocenters. The van der Waals surface area contributed by atoms with Crippen LogP contribution < -0.4 is 0 Å². The Morgan fingerprint density at radius 2 is 1.28 bits per heavy atom. The van der Waals surface area contributed by atoms with Gasteiger partial charge in [-0.05, 0) is 32.1 Å². The van der Waals surface area contributed by atoms with Crippen molar-refractivity contribution in [2.24, 2.45) is 5.92 Å². The minimum atomic E-state index is -0.460. The van der Waals surface area contributed by atoms with Gasteiger partial charge in [0, 0.05) is 12.2 Å². The van der Waals surface area contributed by atoms with Crippen molar-refractivity contribution in [3.8, 4) is 0 Å². The van der Waals surface area contributed by atoms with Crippen molar-refractivity contribution < 1.29 is 19.1 Å². The van der Waals surface area contributed by atoms with Gasteiger partial charge < -0.3 is 9.47 Å². The fraction of sp³-hybridized carbons (Fsp3) is 0.840. The maximum Gasteiger partial charge on any atom is 0.331 e. The summed E-state index contributed by atoms with van der Waals surface area (Å²) in [5, 5.41) is 0. The fourth-order valence-corrected chi connectivity index (χ4v) is 4.05. The van der Waals surface area contributed by atoms with E-state index in [1.165, 1.54) is 89.2 Å². The number of hydrogen-bond donors (Lipinski definition) is 0. The molecule has 1 rings (SSSR count). The lowest BCUT2D eigenvalue weighted by Gasteiger charge is -2.18. The second-order valence-electron chi connectivity index (χ2n) is 8.58. The molecular weight excluding hydrogens is 364 g/mol. The molecule has 0 N–H and O–H groups in total. The Hall–Kier alpha value is -1.32. The van der Waals surface area contributed by atoms with Crippen LogP contribution in [0.3, 0.4) is 0 Å². The maximum atomic E-state index is 11.8. The molecule has 1 fully saturated rings. The summed E-state index contributed by atoms with van der Waals surface area (Å²) < 4.78 is 10.5. The highest BCUT2D eigenvalue weighted by Gasteiger charge is 2.23. The van der Waals surface area contributed by atoms with Crippen LogP contribution in [0.4, 0.5) is 0 Å². The standard InChI is InChI=1S/C25H44O4/c1-3-4-5-6-7-8-9-10-11-12-13-16-21-28-24(26)19-20-25(27)29-22(2)23-17-14-15-18-23/h19-20,22-23H,3-18,21H2,1-2H3/b20-19+. The predicted octanol–water partition coefficient (Wildman–Crippen LogP) is 6.91. The summed E-state index contributed by atoms with van der Waals surface area (Å²) >= 11 is 0. The van der Waals surface area contributed by atoms with Gasteiger partial charge in [-0.1, -0.05) is 90.4 Å². The van der Waals surface area contributed by atoms with Gasteiger partial charge in [0.2, 0.25) is 0 Å². The monoisotopic (exact) mass is 408 g/mol. The van der Waals surface area contributed by atoms with Gasteiger partial charge >= 0.3 is 11.9 Å². The largest absolute Gasteiger partial charge is 0.463 e. The van der Waals surface area contributed by atoms with Gasteiger partial charge in [0.05, 0.1) is 6.61 Å². The van der Waals surface area contributed by atoms with Gasteiger partial charge in [-0.2, -0.15) is 0 Å². The SMILES string of the molecule is CCCCCCCCCCCCCCOC(=O)/C=C/C(=O)OC(C)C1CCCC1. The molecular formula is C25H44O4. The fourth-order valence-electron chi connectivity index (χ4n) is 4.05. The van der Waals surface area contributed by atoms with Gasteiger partial charge in [0.15, 0.2) is 0 Å². The lowest BCUT2D eigenvalue weighted by atomic mass is 10.0. The summed E-state index contributed by atoms with van der Waals surface area (Å²) in [6.45, 7) is 4.62. The van der Waals surface area contributed by atoms with Crippen molar-refractivity contribution in [2.75, 3.05) is 6.61 Å². The number of hydrogen-bond acceptors (Lipinski definition) is 4. The van der Waals surface area contributed by atoms with Gasteiger partial charge in [-0.25, -0.2) is 9.59 Å². The zero-order valence-corrected chi connectivity index (χ0v) is 19.0. The highest BCUT2D eigenvalue weighted by molar-refractivity contribution is 5.91.